The Balaban J connectivity index is 1.54. The highest BCUT2D eigenvalue weighted by Crippen LogP contribution is 2.24. The van der Waals surface area contributed by atoms with Crippen LogP contribution in [-0.2, 0) is 16.0 Å². The van der Waals surface area contributed by atoms with Gasteiger partial charge >= 0.3 is 0 Å². The van der Waals surface area contributed by atoms with Gasteiger partial charge in [0.2, 0.25) is 11.8 Å². The minimum Gasteiger partial charge on any atom is -0.342 e. The average Bonchev–Trinajstić information content (AvgIpc) is 3.15. The Morgan fingerprint density at radius 1 is 1.12 bits per heavy atom. The Labute approximate surface area is 152 Å². The standard InChI is InChI=1S/C18H17F3N2O2S/c19-13-3-4-14(17(21)16(13)20)22-18(25)11-5-7-23(8-6-11)15(24)10-12-2-1-9-26-12/h1-4,9,11H,5-8,10H2,(H,22,25). The maximum absolute atomic E-state index is 13.7. The summed E-state index contributed by atoms with van der Waals surface area (Å²) in [5.41, 5.74) is -0.384. The summed E-state index contributed by atoms with van der Waals surface area (Å²) in [6.07, 6.45) is 1.22. The molecule has 0 saturated carbocycles. The molecule has 4 nitrogen and oxygen atoms in total. The highest BCUT2D eigenvalue weighted by Gasteiger charge is 2.28. The zero-order chi connectivity index (χ0) is 18.7. The van der Waals surface area contributed by atoms with E-state index in [1.807, 2.05) is 17.5 Å². The van der Waals surface area contributed by atoms with E-state index >= 15 is 0 Å². The van der Waals surface area contributed by atoms with E-state index in [1.165, 1.54) is 11.3 Å². The molecule has 1 aliphatic rings. The van der Waals surface area contributed by atoms with Crippen molar-refractivity contribution in [2.45, 2.75) is 19.3 Å². The van der Waals surface area contributed by atoms with Crippen LogP contribution in [0.5, 0.6) is 0 Å². The molecule has 1 aromatic carbocycles. The Hall–Kier alpha value is -2.35. The number of anilines is 1. The van der Waals surface area contributed by atoms with Gasteiger partial charge < -0.3 is 10.2 Å². The zero-order valence-corrected chi connectivity index (χ0v) is 14.6. The lowest BCUT2D eigenvalue weighted by atomic mass is 9.95. The van der Waals surface area contributed by atoms with Crippen LogP contribution in [0.3, 0.4) is 0 Å². The second-order valence-electron chi connectivity index (χ2n) is 6.12. The summed E-state index contributed by atoms with van der Waals surface area (Å²) in [4.78, 5) is 27.2. The Morgan fingerprint density at radius 2 is 1.85 bits per heavy atom. The molecular formula is C18H17F3N2O2S. The Bertz CT molecular complexity index is 803. The molecule has 26 heavy (non-hydrogen) atoms. The molecule has 0 radical (unpaired) electrons. The molecule has 0 spiro atoms. The fourth-order valence-electron chi connectivity index (χ4n) is 2.92. The fraction of sp³-hybridized carbons (Fsp3) is 0.333. The number of benzene rings is 1. The highest BCUT2D eigenvalue weighted by atomic mass is 32.1. The van der Waals surface area contributed by atoms with Crippen molar-refractivity contribution < 1.29 is 22.8 Å². The van der Waals surface area contributed by atoms with Gasteiger partial charge in [-0.3, -0.25) is 9.59 Å². The number of piperidine rings is 1. The molecule has 138 valence electrons. The molecule has 2 amide bonds. The summed E-state index contributed by atoms with van der Waals surface area (Å²) in [6, 6.07) is 5.55. The number of likely N-dealkylation sites (tertiary alicyclic amines) is 1. The van der Waals surface area contributed by atoms with E-state index in [-0.39, 0.29) is 11.6 Å². The van der Waals surface area contributed by atoms with Crippen molar-refractivity contribution >= 4 is 28.8 Å². The molecule has 1 saturated heterocycles. The number of nitrogens with one attached hydrogen (secondary N) is 1. The van der Waals surface area contributed by atoms with Crippen LogP contribution in [0.15, 0.2) is 29.6 Å². The Kier molecular flexibility index (Phi) is 5.61. The van der Waals surface area contributed by atoms with E-state index < -0.39 is 29.3 Å². The summed E-state index contributed by atoms with van der Waals surface area (Å²) in [5, 5.41) is 4.22. The molecular weight excluding hydrogens is 365 g/mol. The number of hydrogen-bond acceptors (Lipinski definition) is 3. The lowest BCUT2D eigenvalue weighted by molar-refractivity contribution is -0.133. The molecule has 0 aliphatic carbocycles. The molecule has 1 N–H and O–H groups in total. The number of rotatable bonds is 4. The Morgan fingerprint density at radius 3 is 2.50 bits per heavy atom. The largest absolute Gasteiger partial charge is 0.342 e. The molecule has 0 bridgehead atoms. The number of carbonyl (C=O) groups is 2. The second-order valence-corrected chi connectivity index (χ2v) is 7.16. The van der Waals surface area contributed by atoms with Crippen molar-refractivity contribution in [1.82, 2.24) is 4.90 Å². The van der Waals surface area contributed by atoms with Crippen molar-refractivity contribution in [3.05, 3.63) is 52.0 Å². The van der Waals surface area contributed by atoms with Gasteiger partial charge in [0.05, 0.1) is 12.1 Å². The van der Waals surface area contributed by atoms with E-state index in [9.17, 15) is 22.8 Å². The van der Waals surface area contributed by atoms with Gasteiger partial charge in [-0.2, -0.15) is 0 Å². The van der Waals surface area contributed by atoms with Gasteiger partial charge in [0.15, 0.2) is 17.5 Å². The molecule has 0 unspecified atom stereocenters. The van der Waals surface area contributed by atoms with Crippen LogP contribution in [0.2, 0.25) is 0 Å². The quantitative estimate of drug-likeness (QED) is 0.822. The van der Waals surface area contributed by atoms with Crippen molar-refractivity contribution in [3.63, 3.8) is 0 Å². The van der Waals surface area contributed by atoms with Gasteiger partial charge in [-0.25, -0.2) is 13.2 Å². The monoisotopic (exact) mass is 382 g/mol. The first kappa shape index (κ1) is 18.4. The minimum absolute atomic E-state index is 0.0120. The molecule has 2 aromatic rings. The zero-order valence-electron chi connectivity index (χ0n) is 13.8. The van der Waals surface area contributed by atoms with Gasteiger partial charge in [-0.15, -0.1) is 11.3 Å². The third-order valence-corrected chi connectivity index (χ3v) is 5.29. The predicted octanol–water partition coefficient (Wildman–Crippen LogP) is 3.59. The van der Waals surface area contributed by atoms with Crippen molar-refractivity contribution in [2.24, 2.45) is 5.92 Å². The minimum atomic E-state index is -1.61. The number of halogens is 3. The van der Waals surface area contributed by atoms with Crippen LogP contribution in [0.1, 0.15) is 17.7 Å². The van der Waals surface area contributed by atoms with E-state index in [0.29, 0.717) is 32.4 Å². The predicted molar refractivity (Wildman–Crippen MR) is 92.3 cm³/mol. The maximum Gasteiger partial charge on any atom is 0.227 e. The van der Waals surface area contributed by atoms with Crippen LogP contribution in [0.4, 0.5) is 18.9 Å². The molecule has 1 aliphatic heterocycles. The van der Waals surface area contributed by atoms with Crippen LogP contribution in [0, 0.1) is 23.4 Å². The first-order valence-corrected chi connectivity index (χ1v) is 9.08. The number of nitrogens with zero attached hydrogens (tertiary/aromatic N) is 1. The average molecular weight is 382 g/mol. The number of amides is 2. The molecule has 0 atom stereocenters. The van der Waals surface area contributed by atoms with Crippen LogP contribution in [-0.4, -0.2) is 29.8 Å². The van der Waals surface area contributed by atoms with Crippen molar-refractivity contribution in [1.29, 1.82) is 0 Å². The molecule has 8 heteroatoms. The summed E-state index contributed by atoms with van der Waals surface area (Å²) in [5.74, 6) is -5.19. The van der Waals surface area contributed by atoms with Gasteiger partial charge in [-0.05, 0) is 36.4 Å². The van der Waals surface area contributed by atoms with Crippen LogP contribution in [0.25, 0.3) is 0 Å². The van der Waals surface area contributed by atoms with E-state index in [4.69, 9.17) is 0 Å². The molecule has 2 heterocycles. The van der Waals surface area contributed by atoms with Crippen LogP contribution < -0.4 is 5.32 Å². The van der Waals surface area contributed by atoms with E-state index in [1.54, 1.807) is 4.90 Å². The number of thiophene rings is 1. The molecule has 1 aromatic heterocycles. The second kappa shape index (κ2) is 7.90. The number of carbonyl (C=O) groups excluding carboxylic acids is 2. The summed E-state index contributed by atoms with van der Waals surface area (Å²) in [7, 11) is 0. The fourth-order valence-corrected chi connectivity index (χ4v) is 3.62. The normalized spacial score (nSPS) is 15.1. The number of hydrogen-bond donors (Lipinski definition) is 1. The first-order chi connectivity index (χ1) is 12.5. The van der Waals surface area contributed by atoms with Gasteiger partial charge in [0.25, 0.3) is 0 Å². The summed E-state index contributed by atoms with van der Waals surface area (Å²) in [6.45, 7) is 0.866. The molecule has 3 rings (SSSR count). The third kappa shape index (κ3) is 4.07. The van der Waals surface area contributed by atoms with Gasteiger partial charge in [-0.1, -0.05) is 6.07 Å². The first-order valence-electron chi connectivity index (χ1n) is 8.20. The van der Waals surface area contributed by atoms with Crippen LogP contribution >= 0.6 is 11.3 Å². The van der Waals surface area contributed by atoms with E-state index in [2.05, 4.69) is 5.32 Å². The topological polar surface area (TPSA) is 49.4 Å². The highest BCUT2D eigenvalue weighted by molar-refractivity contribution is 7.10. The lowest BCUT2D eigenvalue weighted by Crippen LogP contribution is -2.42. The third-order valence-electron chi connectivity index (χ3n) is 4.42. The van der Waals surface area contributed by atoms with Gasteiger partial charge in [0.1, 0.15) is 0 Å². The lowest BCUT2D eigenvalue weighted by Gasteiger charge is -2.31. The maximum atomic E-state index is 13.7. The summed E-state index contributed by atoms with van der Waals surface area (Å²) >= 11 is 1.52. The summed E-state index contributed by atoms with van der Waals surface area (Å²) < 4.78 is 39.8. The SMILES string of the molecule is O=C(Nc1ccc(F)c(F)c1F)C1CCN(C(=O)Cc2cccs2)CC1. The smallest absolute Gasteiger partial charge is 0.227 e. The molecule has 1 fully saturated rings. The van der Waals surface area contributed by atoms with E-state index in [0.717, 1.165) is 17.0 Å². The van der Waals surface area contributed by atoms with Crippen molar-refractivity contribution in [3.8, 4) is 0 Å². The van der Waals surface area contributed by atoms with Gasteiger partial charge in [0, 0.05) is 23.9 Å². The van der Waals surface area contributed by atoms with Crippen molar-refractivity contribution in [2.75, 3.05) is 18.4 Å².